The minimum Gasteiger partial charge on any atom is -0.336 e. The Morgan fingerprint density at radius 1 is 1.00 bits per heavy atom. The number of likely N-dealkylation sites (tertiary alicyclic amines) is 1. The van der Waals surface area contributed by atoms with E-state index < -0.39 is 0 Å². The molecule has 2 aromatic rings. The van der Waals surface area contributed by atoms with E-state index in [1.807, 2.05) is 41.3 Å². The molecule has 0 aromatic heterocycles. The van der Waals surface area contributed by atoms with Crippen LogP contribution in [0.5, 0.6) is 0 Å². The lowest BCUT2D eigenvalue weighted by molar-refractivity contribution is -0.137. The summed E-state index contributed by atoms with van der Waals surface area (Å²) in [5.41, 5.74) is 2.46. The monoisotopic (exact) mass is 344 g/mol. The van der Waals surface area contributed by atoms with Crippen LogP contribution in [-0.4, -0.2) is 22.9 Å². The van der Waals surface area contributed by atoms with Gasteiger partial charge in [0, 0.05) is 31.6 Å². The standard InChI is InChI=1S/C20H24N2O.ClH/c1-16-12-19(21-14-17-8-4-2-5-9-17)13-20(23)22(16)15-18-10-6-3-7-11-18;/h2-11,16,19,21H,12-15H2,1H3;1H. The molecule has 1 amide bonds. The Morgan fingerprint density at radius 3 is 2.17 bits per heavy atom. The van der Waals surface area contributed by atoms with E-state index in [1.165, 1.54) is 11.1 Å². The molecule has 0 saturated carbocycles. The van der Waals surface area contributed by atoms with Crippen molar-refractivity contribution in [2.24, 2.45) is 0 Å². The first-order valence-corrected chi connectivity index (χ1v) is 8.33. The van der Waals surface area contributed by atoms with E-state index >= 15 is 0 Å². The molecule has 24 heavy (non-hydrogen) atoms. The first kappa shape index (κ1) is 18.5. The quantitative estimate of drug-likeness (QED) is 0.895. The number of nitrogens with zero attached hydrogens (tertiary/aromatic N) is 1. The predicted octanol–water partition coefficient (Wildman–Crippen LogP) is 3.78. The maximum atomic E-state index is 12.5. The third kappa shape index (κ3) is 4.83. The fourth-order valence-corrected chi connectivity index (χ4v) is 3.23. The molecular formula is C20H25ClN2O. The molecule has 1 N–H and O–H groups in total. The Balaban J connectivity index is 0.00000208. The van der Waals surface area contributed by atoms with Crippen molar-refractivity contribution >= 4 is 18.3 Å². The van der Waals surface area contributed by atoms with Crippen LogP contribution in [0.15, 0.2) is 60.7 Å². The number of benzene rings is 2. The van der Waals surface area contributed by atoms with Gasteiger partial charge >= 0.3 is 0 Å². The van der Waals surface area contributed by atoms with Crippen LogP contribution in [0.3, 0.4) is 0 Å². The summed E-state index contributed by atoms with van der Waals surface area (Å²) >= 11 is 0. The topological polar surface area (TPSA) is 32.3 Å². The highest BCUT2D eigenvalue weighted by atomic mass is 35.5. The van der Waals surface area contributed by atoms with Gasteiger partial charge in [0.2, 0.25) is 5.91 Å². The molecule has 2 atom stereocenters. The zero-order valence-electron chi connectivity index (χ0n) is 14.0. The first-order chi connectivity index (χ1) is 11.2. The van der Waals surface area contributed by atoms with Gasteiger partial charge in [-0.1, -0.05) is 60.7 Å². The highest BCUT2D eigenvalue weighted by molar-refractivity contribution is 5.85. The van der Waals surface area contributed by atoms with Crippen LogP contribution in [-0.2, 0) is 17.9 Å². The number of amides is 1. The molecule has 2 unspecified atom stereocenters. The van der Waals surface area contributed by atoms with Crippen molar-refractivity contribution < 1.29 is 4.79 Å². The lowest BCUT2D eigenvalue weighted by atomic mass is 9.96. The zero-order valence-corrected chi connectivity index (χ0v) is 14.8. The number of hydrogen-bond donors (Lipinski definition) is 1. The number of piperidine rings is 1. The summed E-state index contributed by atoms with van der Waals surface area (Å²) in [5, 5.41) is 3.54. The fraction of sp³-hybridized carbons (Fsp3) is 0.350. The summed E-state index contributed by atoms with van der Waals surface area (Å²) < 4.78 is 0. The summed E-state index contributed by atoms with van der Waals surface area (Å²) in [5.74, 6) is 0.248. The van der Waals surface area contributed by atoms with Gasteiger partial charge < -0.3 is 10.2 Å². The van der Waals surface area contributed by atoms with E-state index in [-0.39, 0.29) is 30.4 Å². The zero-order chi connectivity index (χ0) is 16.1. The molecule has 1 heterocycles. The number of carbonyl (C=O) groups is 1. The average Bonchev–Trinajstić information content (AvgIpc) is 2.58. The van der Waals surface area contributed by atoms with Crippen LogP contribution < -0.4 is 5.32 Å². The molecule has 3 rings (SSSR count). The predicted molar refractivity (Wildman–Crippen MR) is 100 cm³/mol. The second-order valence-electron chi connectivity index (χ2n) is 6.36. The number of carbonyl (C=O) groups excluding carboxylic acids is 1. The van der Waals surface area contributed by atoms with E-state index in [9.17, 15) is 4.79 Å². The van der Waals surface area contributed by atoms with Gasteiger partial charge in [-0.05, 0) is 24.5 Å². The van der Waals surface area contributed by atoms with Crippen LogP contribution >= 0.6 is 12.4 Å². The van der Waals surface area contributed by atoms with Gasteiger partial charge in [0.25, 0.3) is 0 Å². The first-order valence-electron chi connectivity index (χ1n) is 8.33. The molecule has 2 aromatic carbocycles. The molecule has 1 saturated heterocycles. The van der Waals surface area contributed by atoms with E-state index in [2.05, 4.69) is 36.5 Å². The number of hydrogen-bond acceptors (Lipinski definition) is 2. The van der Waals surface area contributed by atoms with Crippen LogP contribution in [0, 0.1) is 0 Å². The molecule has 1 fully saturated rings. The number of rotatable bonds is 5. The summed E-state index contributed by atoms with van der Waals surface area (Å²) in [4.78, 5) is 14.5. The summed E-state index contributed by atoms with van der Waals surface area (Å²) in [6.45, 7) is 3.69. The highest BCUT2D eigenvalue weighted by Crippen LogP contribution is 2.21. The van der Waals surface area contributed by atoms with E-state index in [0.29, 0.717) is 13.0 Å². The van der Waals surface area contributed by atoms with Gasteiger partial charge in [0.05, 0.1) is 0 Å². The number of halogens is 1. The number of nitrogens with one attached hydrogen (secondary N) is 1. The van der Waals surface area contributed by atoms with Gasteiger partial charge in [0.15, 0.2) is 0 Å². The summed E-state index contributed by atoms with van der Waals surface area (Å²) in [7, 11) is 0. The Labute approximate surface area is 150 Å². The smallest absolute Gasteiger partial charge is 0.224 e. The summed E-state index contributed by atoms with van der Waals surface area (Å²) in [6, 6.07) is 21.1. The molecular weight excluding hydrogens is 320 g/mol. The molecule has 4 heteroatoms. The maximum absolute atomic E-state index is 12.5. The average molecular weight is 345 g/mol. The molecule has 3 nitrogen and oxygen atoms in total. The molecule has 1 aliphatic rings. The van der Waals surface area contributed by atoms with Crippen LogP contribution in [0.25, 0.3) is 0 Å². The lowest BCUT2D eigenvalue weighted by Crippen LogP contribution is -2.50. The van der Waals surface area contributed by atoms with Gasteiger partial charge in [-0.3, -0.25) is 4.79 Å². The minimum atomic E-state index is 0. The third-order valence-corrected chi connectivity index (χ3v) is 4.53. The molecule has 128 valence electrons. The van der Waals surface area contributed by atoms with Crippen molar-refractivity contribution in [3.8, 4) is 0 Å². The van der Waals surface area contributed by atoms with E-state index in [4.69, 9.17) is 0 Å². The minimum absolute atomic E-state index is 0. The molecule has 0 aliphatic carbocycles. The van der Waals surface area contributed by atoms with Crippen LogP contribution in [0.2, 0.25) is 0 Å². The van der Waals surface area contributed by atoms with Gasteiger partial charge in [-0.15, -0.1) is 12.4 Å². The van der Waals surface area contributed by atoms with Crippen molar-refractivity contribution in [1.29, 1.82) is 0 Å². The van der Waals surface area contributed by atoms with E-state index in [1.54, 1.807) is 0 Å². The largest absolute Gasteiger partial charge is 0.336 e. The highest BCUT2D eigenvalue weighted by Gasteiger charge is 2.30. The molecule has 0 spiro atoms. The fourth-order valence-electron chi connectivity index (χ4n) is 3.23. The SMILES string of the molecule is CC1CC(NCc2ccccc2)CC(=O)N1Cc1ccccc1.Cl. The van der Waals surface area contributed by atoms with Crippen molar-refractivity contribution in [2.45, 2.75) is 44.9 Å². The Morgan fingerprint density at radius 2 is 1.58 bits per heavy atom. The van der Waals surface area contributed by atoms with Gasteiger partial charge in [-0.2, -0.15) is 0 Å². The lowest BCUT2D eigenvalue weighted by Gasteiger charge is -2.38. The van der Waals surface area contributed by atoms with Crippen molar-refractivity contribution in [2.75, 3.05) is 0 Å². The molecule has 1 aliphatic heterocycles. The second-order valence-corrected chi connectivity index (χ2v) is 6.36. The Bertz CT molecular complexity index is 633. The molecule has 0 radical (unpaired) electrons. The van der Waals surface area contributed by atoms with E-state index in [0.717, 1.165) is 13.0 Å². The molecule has 0 bridgehead atoms. The summed E-state index contributed by atoms with van der Waals surface area (Å²) in [6.07, 6.45) is 1.59. The Hall–Kier alpha value is -1.84. The van der Waals surface area contributed by atoms with Crippen molar-refractivity contribution in [3.05, 3.63) is 71.8 Å². The van der Waals surface area contributed by atoms with Crippen LogP contribution in [0.4, 0.5) is 0 Å². The van der Waals surface area contributed by atoms with Crippen molar-refractivity contribution in [1.82, 2.24) is 10.2 Å². The van der Waals surface area contributed by atoms with Gasteiger partial charge in [-0.25, -0.2) is 0 Å². The third-order valence-electron chi connectivity index (χ3n) is 4.53. The second kappa shape index (κ2) is 8.86. The Kier molecular flexibility index (Phi) is 6.83. The maximum Gasteiger partial charge on any atom is 0.224 e. The van der Waals surface area contributed by atoms with Crippen molar-refractivity contribution in [3.63, 3.8) is 0 Å². The van der Waals surface area contributed by atoms with Crippen LogP contribution in [0.1, 0.15) is 30.9 Å². The van der Waals surface area contributed by atoms with Gasteiger partial charge in [0.1, 0.15) is 0 Å². The normalized spacial score (nSPS) is 20.5.